The molecule has 1 N–H and O–H groups in total. The molecule has 0 aromatic rings. The van der Waals surface area contributed by atoms with Crippen molar-refractivity contribution < 1.29 is 4.79 Å². The molecule has 100 valence electrons. The number of carbonyl (C=O) groups is 1. The summed E-state index contributed by atoms with van der Waals surface area (Å²) in [6, 6.07) is 1.85. The summed E-state index contributed by atoms with van der Waals surface area (Å²) in [6.07, 6.45) is 7.77. The zero-order valence-corrected chi connectivity index (χ0v) is 11.1. The van der Waals surface area contributed by atoms with Crippen LogP contribution in [0.4, 0.5) is 0 Å². The van der Waals surface area contributed by atoms with E-state index in [0.717, 1.165) is 37.0 Å². The number of carbonyl (C=O) groups excluding carboxylic acids is 1. The van der Waals surface area contributed by atoms with E-state index in [2.05, 4.69) is 16.6 Å². The molecule has 0 aromatic carbocycles. The van der Waals surface area contributed by atoms with Gasteiger partial charge in [0, 0.05) is 11.8 Å². The summed E-state index contributed by atoms with van der Waals surface area (Å²) in [5.41, 5.74) is 3.30. The van der Waals surface area contributed by atoms with Gasteiger partial charge in [-0.1, -0.05) is 0 Å². The molecule has 1 heterocycles. The molecule has 0 aromatic heterocycles. The minimum Gasteiger partial charge on any atom is -0.292 e. The number of hydrogen-bond donors (Lipinski definition) is 1. The van der Waals surface area contributed by atoms with Crippen molar-refractivity contribution in [2.45, 2.75) is 51.0 Å². The van der Waals surface area contributed by atoms with Gasteiger partial charge in [-0.15, -0.1) is 0 Å². The van der Waals surface area contributed by atoms with E-state index in [4.69, 9.17) is 5.26 Å². The Morgan fingerprint density at radius 2 is 1.79 bits per heavy atom. The highest BCUT2D eigenvalue weighted by Crippen LogP contribution is 2.60. The molecule has 0 spiro atoms. The molecule has 1 aliphatic heterocycles. The Kier molecular flexibility index (Phi) is 2.30. The first-order valence-electron chi connectivity index (χ1n) is 7.45. The van der Waals surface area contributed by atoms with E-state index in [-0.39, 0.29) is 17.2 Å². The highest BCUT2D eigenvalue weighted by atomic mass is 16.1. The predicted molar refractivity (Wildman–Crippen MR) is 70.2 cm³/mol. The molecule has 0 radical (unpaired) electrons. The Morgan fingerprint density at radius 1 is 1.21 bits per heavy atom. The molecule has 0 amide bonds. The van der Waals surface area contributed by atoms with Crippen LogP contribution in [-0.2, 0) is 4.79 Å². The third-order valence-electron chi connectivity index (χ3n) is 5.69. The maximum Gasteiger partial charge on any atom is 0.185 e. The third kappa shape index (κ3) is 1.64. The van der Waals surface area contributed by atoms with Crippen LogP contribution in [0.15, 0.2) is 5.10 Å². The first-order chi connectivity index (χ1) is 9.18. The Balaban J connectivity index is 1.59. The number of ketones is 1. The van der Waals surface area contributed by atoms with E-state index in [9.17, 15) is 4.79 Å². The van der Waals surface area contributed by atoms with Crippen molar-refractivity contribution in [3.05, 3.63) is 0 Å². The zero-order valence-electron chi connectivity index (χ0n) is 11.1. The summed E-state index contributed by atoms with van der Waals surface area (Å²) in [7, 11) is 0. The summed E-state index contributed by atoms with van der Waals surface area (Å²) in [5, 5.41) is 13.0. The SMILES string of the molecule is N#CC1CC(C(=O)C23CC4CC(CC(C4)C2)C3)=NN1. The van der Waals surface area contributed by atoms with Gasteiger partial charge in [-0.2, -0.15) is 10.4 Å². The first-order valence-corrected chi connectivity index (χ1v) is 7.45. The third-order valence-corrected chi connectivity index (χ3v) is 5.69. The van der Waals surface area contributed by atoms with Crippen LogP contribution in [0.25, 0.3) is 0 Å². The van der Waals surface area contributed by atoms with Gasteiger partial charge in [0.2, 0.25) is 0 Å². The van der Waals surface area contributed by atoms with Gasteiger partial charge in [-0.25, -0.2) is 0 Å². The van der Waals surface area contributed by atoms with Crippen molar-refractivity contribution in [2.75, 3.05) is 0 Å². The highest BCUT2D eigenvalue weighted by molar-refractivity contribution is 6.42. The molecular weight excluding hydrogens is 238 g/mol. The Morgan fingerprint density at radius 3 is 2.26 bits per heavy atom. The lowest BCUT2D eigenvalue weighted by atomic mass is 9.48. The molecule has 4 saturated carbocycles. The van der Waals surface area contributed by atoms with E-state index in [1.165, 1.54) is 19.3 Å². The maximum absolute atomic E-state index is 12.9. The smallest absolute Gasteiger partial charge is 0.185 e. The molecule has 4 nitrogen and oxygen atoms in total. The average Bonchev–Trinajstić information content (AvgIpc) is 2.84. The number of hydrogen-bond acceptors (Lipinski definition) is 4. The largest absolute Gasteiger partial charge is 0.292 e. The van der Waals surface area contributed by atoms with Gasteiger partial charge < -0.3 is 0 Å². The van der Waals surface area contributed by atoms with Crippen molar-refractivity contribution in [2.24, 2.45) is 28.3 Å². The molecular formula is C15H19N3O. The molecule has 4 bridgehead atoms. The van der Waals surface area contributed by atoms with E-state index >= 15 is 0 Å². The van der Waals surface area contributed by atoms with Crippen LogP contribution < -0.4 is 5.43 Å². The van der Waals surface area contributed by atoms with Crippen LogP contribution in [0.1, 0.15) is 44.9 Å². The molecule has 19 heavy (non-hydrogen) atoms. The lowest BCUT2D eigenvalue weighted by Crippen LogP contribution is -2.51. The van der Waals surface area contributed by atoms with Crippen molar-refractivity contribution >= 4 is 11.5 Å². The van der Waals surface area contributed by atoms with Crippen LogP contribution in [0.3, 0.4) is 0 Å². The molecule has 5 rings (SSSR count). The van der Waals surface area contributed by atoms with Crippen LogP contribution in [0.2, 0.25) is 0 Å². The topological polar surface area (TPSA) is 65.2 Å². The van der Waals surface area contributed by atoms with Crippen molar-refractivity contribution in [1.82, 2.24) is 5.43 Å². The van der Waals surface area contributed by atoms with E-state index in [1.807, 2.05) is 0 Å². The number of nitrogens with one attached hydrogen (secondary N) is 1. The Labute approximate surface area is 113 Å². The fourth-order valence-electron chi connectivity index (χ4n) is 5.35. The highest BCUT2D eigenvalue weighted by Gasteiger charge is 2.55. The minimum atomic E-state index is -0.298. The zero-order chi connectivity index (χ0) is 13.0. The van der Waals surface area contributed by atoms with Crippen LogP contribution >= 0.6 is 0 Å². The molecule has 4 fully saturated rings. The number of nitrogens with zero attached hydrogens (tertiary/aromatic N) is 2. The molecule has 4 heteroatoms. The van der Waals surface area contributed by atoms with E-state index in [0.29, 0.717) is 12.1 Å². The van der Waals surface area contributed by atoms with Crippen molar-refractivity contribution in [3.8, 4) is 6.07 Å². The summed E-state index contributed by atoms with van der Waals surface area (Å²) in [4.78, 5) is 12.9. The van der Waals surface area contributed by atoms with Crippen molar-refractivity contribution in [1.29, 1.82) is 5.26 Å². The van der Waals surface area contributed by atoms with Gasteiger partial charge in [-0.3, -0.25) is 10.2 Å². The van der Waals surface area contributed by atoms with Gasteiger partial charge in [-0.05, 0) is 56.3 Å². The summed E-state index contributed by atoms with van der Waals surface area (Å²) in [6.45, 7) is 0. The average molecular weight is 257 g/mol. The summed E-state index contributed by atoms with van der Waals surface area (Å²) >= 11 is 0. The maximum atomic E-state index is 12.9. The van der Waals surface area contributed by atoms with Crippen LogP contribution in [0.5, 0.6) is 0 Å². The second-order valence-electron chi connectivity index (χ2n) is 7.10. The Bertz CT molecular complexity index is 467. The minimum absolute atomic E-state index is 0.111. The van der Waals surface area contributed by atoms with E-state index in [1.54, 1.807) is 0 Å². The molecule has 1 unspecified atom stereocenters. The van der Waals surface area contributed by atoms with Gasteiger partial charge in [0.25, 0.3) is 0 Å². The van der Waals surface area contributed by atoms with Gasteiger partial charge in [0.15, 0.2) is 5.78 Å². The molecule has 1 atom stereocenters. The Hall–Kier alpha value is -1.37. The van der Waals surface area contributed by atoms with Crippen LogP contribution in [0, 0.1) is 34.5 Å². The van der Waals surface area contributed by atoms with Gasteiger partial charge >= 0.3 is 0 Å². The molecule has 5 aliphatic rings. The van der Waals surface area contributed by atoms with Gasteiger partial charge in [0.1, 0.15) is 11.8 Å². The lowest BCUT2D eigenvalue weighted by molar-refractivity contribution is -0.136. The van der Waals surface area contributed by atoms with Crippen LogP contribution in [-0.4, -0.2) is 17.5 Å². The quantitative estimate of drug-likeness (QED) is 0.823. The predicted octanol–water partition coefficient (Wildman–Crippen LogP) is 2.01. The molecule has 4 aliphatic carbocycles. The number of rotatable bonds is 2. The second kappa shape index (κ2) is 3.82. The number of nitriles is 1. The fraction of sp³-hybridized carbons (Fsp3) is 0.800. The summed E-state index contributed by atoms with van der Waals surface area (Å²) in [5.74, 6) is 2.59. The van der Waals surface area contributed by atoms with Crippen molar-refractivity contribution in [3.63, 3.8) is 0 Å². The second-order valence-corrected chi connectivity index (χ2v) is 7.10. The number of hydrazone groups is 1. The lowest BCUT2D eigenvalue weighted by Gasteiger charge is -2.55. The van der Waals surface area contributed by atoms with Gasteiger partial charge in [0.05, 0.1) is 6.07 Å². The summed E-state index contributed by atoms with van der Waals surface area (Å²) < 4.78 is 0. The standard InChI is InChI=1S/C15H19N3O/c16-8-12-4-13(18-17-12)14(19)15-5-9-1-10(6-15)3-11(2-9)7-15/h9-12,17H,1-7H2. The van der Waals surface area contributed by atoms with E-state index < -0.39 is 0 Å². The first kappa shape index (κ1) is 11.5. The molecule has 0 saturated heterocycles. The monoisotopic (exact) mass is 257 g/mol. The fourth-order valence-corrected chi connectivity index (χ4v) is 5.35. The normalized spacial score (nSPS) is 46.6. The number of Topliss-reactive ketones (excluding diaryl/α,β-unsaturated/α-hetero) is 1.